The lowest BCUT2D eigenvalue weighted by Gasteiger charge is -1.98. The molecule has 4 heteroatoms. The molecule has 0 atom stereocenters. The van der Waals surface area contributed by atoms with Gasteiger partial charge in [-0.3, -0.25) is 0 Å². The zero-order valence-corrected chi connectivity index (χ0v) is 10.1. The molecule has 1 aromatic heterocycles. The first-order valence-electron chi connectivity index (χ1n) is 5.66. The lowest BCUT2D eigenvalue weighted by atomic mass is 10.1. The first kappa shape index (κ1) is 11.7. The summed E-state index contributed by atoms with van der Waals surface area (Å²) in [6.45, 7) is 2.64. The Bertz CT molecular complexity index is 543. The second kappa shape index (κ2) is 5.01. The topological polar surface area (TPSA) is 49.6 Å². The number of aliphatic hydroxyl groups is 1. The third-order valence-electron chi connectivity index (χ3n) is 2.96. The van der Waals surface area contributed by atoms with Crippen molar-refractivity contribution in [1.29, 1.82) is 0 Å². The normalized spacial score (nSPS) is 11.5. The van der Waals surface area contributed by atoms with Gasteiger partial charge < -0.3 is 15.1 Å². The van der Waals surface area contributed by atoms with Gasteiger partial charge in [0.15, 0.2) is 0 Å². The number of aryl methyl sites for hydroxylation is 1. The Morgan fingerprint density at radius 3 is 2.94 bits per heavy atom. The van der Waals surface area contributed by atoms with Gasteiger partial charge in [-0.25, -0.2) is 0 Å². The maximum atomic E-state index is 8.65. The van der Waals surface area contributed by atoms with Gasteiger partial charge in [-0.1, -0.05) is 18.2 Å². The number of rotatable bonds is 4. The molecule has 17 heavy (non-hydrogen) atoms. The molecule has 0 aliphatic heterocycles. The van der Waals surface area contributed by atoms with Gasteiger partial charge in [-0.05, 0) is 13.0 Å². The van der Waals surface area contributed by atoms with Gasteiger partial charge in [0, 0.05) is 29.2 Å². The number of hydrogen-bond donors (Lipinski definition) is 2. The molecular formula is C13H17N3O. The van der Waals surface area contributed by atoms with E-state index in [0.717, 1.165) is 5.56 Å². The zero-order valence-electron chi connectivity index (χ0n) is 10.1. The number of para-hydroxylation sites is 1. The highest BCUT2D eigenvalue weighted by Gasteiger charge is 2.08. The second-order valence-corrected chi connectivity index (χ2v) is 3.97. The van der Waals surface area contributed by atoms with E-state index in [1.807, 2.05) is 18.3 Å². The van der Waals surface area contributed by atoms with Crippen LogP contribution in [0.15, 0.2) is 29.4 Å². The van der Waals surface area contributed by atoms with E-state index in [-0.39, 0.29) is 6.61 Å². The van der Waals surface area contributed by atoms with E-state index in [9.17, 15) is 0 Å². The van der Waals surface area contributed by atoms with Crippen molar-refractivity contribution in [2.24, 2.45) is 12.1 Å². The fraction of sp³-hybridized carbons (Fsp3) is 0.308. The number of fused-ring (bicyclic) bond motifs is 1. The highest BCUT2D eigenvalue weighted by atomic mass is 16.3. The van der Waals surface area contributed by atoms with Gasteiger partial charge in [0.2, 0.25) is 0 Å². The minimum absolute atomic E-state index is 0.0891. The standard InChI is InChI=1S/C13H17N3O/c1-10-12(9-15-14-7-8-17)11-5-3-4-6-13(11)16(10)2/h3-6,9,14,17H,7-8H2,1-2H3/b15-9+. The van der Waals surface area contributed by atoms with Gasteiger partial charge in [0.25, 0.3) is 0 Å². The minimum Gasteiger partial charge on any atom is -0.394 e. The molecule has 0 unspecified atom stereocenters. The fourth-order valence-corrected chi connectivity index (χ4v) is 1.94. The van der Waals surface area contributed by atoms with E-state index < -0.39 is 0 Å². The summed E-state index contributed by atoms with van der Waals surface area (Å²) in [7, 11) is 2.05. The summed E-state index contributed by atoms with van der Waals surface area (Å²) in [6, 6.07) is 8.25. The van der Waals surface area contributed by atoms with Crippen LogP contribution in [0.5, 0.6) is 0 Å². The van der Waals surface area contributed by atoms with Gasteiger partial charge in [-0.15, -0.1) is 0 Å². The molecule has 1 aromatic carbocycles. The lowest BCUT2D eigenvalue weighted by molar-refractivity contribution is 0.294. The van der Waals surface area contributed by atoms with Crippen molar-refractivity contribution in [3.8, 4) is 0 Å². The average molecular weight is 231 g/mol. The largest absolute Gasteiger partial charge is 0.394 e. The van der Waals surface area contributed by atoms with Crippen LogP contribution in [0.3, 0.4) is 0 Å². The molecule has 0 fully saturated rings. The first-order chi connectivity index (χ1) is 8.25. The van der Waals surface area contributed by atoms with Crippen molar-refractivity contribution < 1.29 is 5.11 Å². The molecule has 0 saturated heterocycles. The van der Waals surface area contributed by atoms with Crippen LogP contribution in [-0.2, 0) is 7.05 Å². The maximum absolute atomic E-state index is 8.65. The van der Waals surface area contributed by atoms with Crippen LogP contribution < -0.4 is 5.43 Å². The quantitative estimate of drug-likeness (QED) is 0.475. The Labute approximate surface area is 101 Å². The van der Waals surface area contributed by atoms with Gasteiger partial charge in [-0.2, -0.15) is 5.10 Å². The highest BCUT2D eigenvalue weighted by Crippen LogP contribution is 2.22. The van der Waals surface area contributed by atoms with Crippen molar-refractivity contribution in [3.05, 3.63) is 35.5 Å². The molecular weight excluding hydrogens is 214 g/mol. The van der Waals surface area contributed by atoms with Crippen LogP contribution in [0.4, 0.5) is 0 Å². The van der Waals surface area contributed by atoms with Gasteiger partial charge in [0.1, 0.15) is 0 Å². The predicted octanol–water partition coefficient (Wildman–Crippen LogP) is 1.40. The maximum Gasteiger partial charge on any atom is 0.0620 e. The smallest absolute Gasteiger partial charge is 0.0620 e. The van der Waals surface area contributed by atoms with E-state index in [1.165, 1.54) is 16.6 Å². The molecule has 2 rings (SSSR count). The molecule has 0 aliphatic carbocycles. The first-order valence-corrected chi connectivity index (χ1v) is 5.66. The molecule has 0 spiro atoms. The number of aliphatic hydroxyl groups excluding tert-OH is 1. The SMILES string of the molecule is Cc1c(/C=N/NCCO)c2ccccc2n1C. The van der Waals surface area contributed by atoms with Crippen LogP contribution in [0.2, 0.25) is 0 Å². The molecule has 2 N–H and O–H groups in total. The minimum atomic E-state index is 0.0891. The number of nitrogens with one attached hydrogen (secondary N) is 1. The van der Waals surface area contributed by atoms with E-state index in [1.54, 1.807) is 0 Å². The Balaban J connectivity index is 2.39. The highest BCUT2D eigenvalue weighted by molar-refractivity contribution is 6.00. The van der Waals surface area contributed by atoms with Crippen molar-refractivity contribution in [2.75, 3.05) is 13.2 Å². The second-order valence-electron chi connectivity index (χ2n) is 3.97. The van der Waals surface area contributed by atoms with E-state index in [2.05, 4.69) is 41.2 Å². The van der Waals surface area contributed by atoms with Gasteiger partial charge >= 0.3 is 0 Å². The number of aromatic nitrogens is 1. The molecule has 0 aliphatic rings. The Kier molecular flexibility index (Phi) is 3.44. The molecule has 1 heterocycles. The van der Waals surface area contributed by atoms with Crippen molar-refractivity contribution in [1.82, 2.24) is 9.99 Å². The fourth-order valence-electron chi connectivity index (χ4n) is 1.94. The Morgan fingerprint density at radius 1 is 1.41 bits per heavy atom. The number of benzene rings is 1. The molecule has 0 radical (unpaired) electrons. The third-order valence-corrected chi connectivity index (χ3v) is 2.96. The third kappa shape index (κ3) is 2.17. The Morgan fingerprint density at radius 2 is 2.18 bits per heavy atom. The Hall–Kier alpha value is -1.81. The molecule has 0 amide bonds. The van der Waals surface area contributed by atoms with Crippen molar-refractivity contribution in [3.63, 3.8) is 0 Å². The summed E-state index contributed by atoms with van der Waals surface area (Å²) in [5.74, 6) is 0. The summed E-state index contributed by atoms with van der Waals surface area (Å²) in [6.07, 6.45) is 1.81. The summed E-state index contributed by atoms with van der Waals surface area (Å²) in [5, 5.41) is 14.0. The lowest BCUT2D eigenvalue weighted by Crippen LogP contribution is -2.11. The van der Waals surface area contributed by atoms with Crippen LogP contribution in [-0.4, -0.2) is 29.0 Å². The van der Waals surface area contributed by atoms with Crippen molar-refractivity contribution >= 4 is 17.1 Å². The summed E-state index contributed by atoms with van der Waals surface area (Å²) in [5.41, 5.74) is 6.30. The average Bonchev–Trinajstić information content (AvgIpc) is 2.60. The zero-order chi connectivity index (χ0) is 12.3. The van der Waals surface area contributed by atoms with Crippen molar-refractivity contribution in [2.45, 2.75) is 6.92 Å². The van der Waals surface area contributed by atoms with Crippen LogP contribution in [0.1, 0.15) is 11.3 Å². The summed E-state index contributed by atoms with van der Waals surface area (Å²) in [4.78, 5) is 0. The predicted molar refractivity (Wildman–Crippen MR) is 70.3 cm³/mol. The molecule has 0 saturated carbocycles. The number of nitrogens with zero attached hydrogens (tertiary/aromatic N) is 2. The number of hydrogen-bond acceptors (Lipinski definition) is 3. The molecule has 0 bridgehead atoms. The molecule has 4 nitrogen and oxygen atoms in total. The monoisotopic (exact) mass is 231 g/mol. The number of hydrazone groups is 1. The molecule has 90 valence electrons. The van der Waals surface area contributed by atoms with Crippen LogP contribution in [0, 0.1) is 6.92 Å². The van der Waals surface area contributed by atoms with Crippen LogP contribution >= 0.6 is 0 Å². The van der Waals surface area contributed by atoms with E-state index in [0.29, 0.717) is 6.54 Å². The van der Waals surface area contributed by atoms with E-state index in [4.69, 9.17) is 5.11 Å². The summed E-state index contributed by atoms with van der Waals surface area (Å²) < 4.78 is 2.16. The van der Waals surface area contributed by atoms with E-state index >= 15 is 0 Å². The molecule has 2 aromatic rings. The summed E-state index contributed by atoms with van der Waals surface area (Å²) >= 11 is 0. The van der Waals surface area contributed by atoms with Gasteiger partial charge in [0.05, 0.1) is 19.4 Å². The van der Waals surface area contributed by atoms with Crippen LogP contribution in [0.25, 0.3) is 10.9 Å².